The summed E-state index contributed by atoms with van der Waals surface area (Å²) in [5.41, 5.74) is 5.94. The summed E-state index contributed by atoms with van der Waals surface area (Å²) >= 11 is 1.27. The fourth-order valence-electron chi connectivity index (χ4n) is 5.64. The quantitative estimate of drug-likeness (QED) is 0.200. The lowest BCUT2D eigenvalue weighted by Crippen LogP contribution is -2.38. The molecular weight excluding hydrogens is 541 g/mol. The highest BCUT2D eigenvalue weighted by atomic mass is 32.1. The van der Waals surface area contributed by atoms with Crippen molar-refractivity contribution in [3.05, 3.63) is 148 Å². The van der Waals surface area contributed by atoms with Crippen LogP contribution in [0, 0.1) is 22.9 Å². The first-order valence-electron chi connectivity index (χ1n) is 13.1. The summed E-state index contributed by atoms with van der Waals surface area (Å²) in [6, 6.07) is 22.5. The Kier molecular flexibility index (Phi) is 5.90. The van der Waals surface area contributed by atoms with Gasteiger partial charge in [-0.1, -0.05) is 59.9 Å². The zero-order chi connectivity index (χ0) is 28.2. The van der Waals surface area contributed by atoms with Gasteiger partial charge in [-0.15, -0.1) is 0 Å². The summed E-state index contributed by atoms with van der Waals surface area (Å²) in [7, 11) is 0. The molecule has 0 unspecified atom stereocenters. The first-order valence-corrected chi connectivity index (χ1v) is 13.9. The standard InChI is InChI=1S/C32H22FN3O4S/c1-18-6-7-21(16-26(18)36(38)39)27-15-13-23(40-27)17-28-31(37)35-30(20-8-11-22(33)12-9-20)25-14-10-19-4-2-3-5-24(19)29(25)34-32(35)41-28/h2-9,11-13,15-17,30H,10,14H2,1H3/b28-17+/t30-/m1/s1. The topological polar surface area (TPSA) is 90.6 Å². The summed E-state index contributed by atoms with van der Waals surface area (Å²) < 4.78 is 22.0. The number of allylic oxidation sites excluding steroid dienone is 1. The first-order chi connectivity index (χ1) is 19.9. The Hall–Kier alpha value is -4.89. The van der Waals surface area contributed by atoms with Crippen molar-refractivity contribution >= 4 is 28.8 Å². The van der Waals surface area contributed by atoms with Gasteiger partial charge in [0, 0.05) is 28.8 Å². The van der Waals surface area contributed by atoms with Gasteiger partial charge in [0.15, 0.2) is 4.80 Å². The molecule has 0 spiro atoms. The highest BCUT2D eigenvalue weighted by Crippen LogP contribution is 2.41. The van der Waals surface area contributed by atoms with E-state index in [1.54, 1.807) is 54.0 Å². The second-order valence-electron chi connectivity index (χ2n) is 10.1. The van der Waals surface area contributed by atoms with Gasteiger partial charge in [-0.05, 0) is 60.7 Å². The number of fused-ring (bicyclic) bond motifs is 3. The fourth-order valence-corrected chi connectivity index (χ4v) is 6.62. The Morgan fingerprint density at radius 2 is 1.88 bits per heavy atom. The summed E-state index contributed by atoms with van der Waals surface area (Å²) in [6.45, 7) is 1.69. The molecule has 0 bridgehead atoms. The number of nitro benzene ring substituents is 1. The van der Waals surface area contributed by atoms with Crippen LogP contribution in [0.25, 0.3) is 23.1 Å². The third-order valence-corrected chi connectivity index (χ3v) is 8.63. The number of aromatic nitrogens is 1. The lowest BCUT2D eigenvalue weighted by atomic mass is 9.83. The molecule has 0 amide bonds. The van der Waals surface area contributed by atoms with E-state index in [1.165, 1.54) is 35.1 Å². The molecule has 202 valence electrons. The Labute approximate surface area is 237 Å². The summed E-state index contributed by atoms with van der Waals surface area (Å²) in [6.07, 6.45) is 3.25. The number of nitro groups is 1. The van der Waals surface area contributed by atoms with Crippen molar-refractivity contribution in [3.8, 4) is 11.3 Å². The molecule has 0 saturated carbocycles. The number of halogens is 1. The second-order valence-corrected chi connectivity index (χ2v) is 11.1. The summed E-state index contributed by atoms with van der Waals surface area (Å²) in [5.74, 6) is 0.571. The van der Waals surface area contributed by atoms with E-state index >= 15 is 0 Å². The summed E-state index contributed by atoms with van der Waals surface area (Å²) in [4.78, 5) is 30.4. The van der Waals surface area contributed by atoms with Gasteiger partial charge in [0.25, 0.3) is 11.2 Å². The number of nitrogens with zero attached hydrogens (tertiary/aromatic N) is 3. The third-order valence-electron chi connectivity index (χ3n) is 7.65. The van der Waals surface area contributed by atoms with Crippen molar-refractivity contribution < 1.29 is 13.7 Å². The van der Waals surface area contributed by atoms with Gasteiger partial charge < -0.3 is 4.42 Å². The van der Waals surface area contributed by atoms with Crippen LogP contribution in [0.5, 0.6) is 0 Å². The number of aryl methyl sites for hydroxylation is 2. The van der Waals surface area contributed by atoms with Gasteiger partial charge in [0.2, 0.25) is 0 Å². The van der Waals surface area contributed by atoms with E-state index in [9.17, 15) is 19.3 Å². The van der Waals surface area contributed by atoms with Gasteiger partial charge in [-0.2, -0.15) is 0 Å². The number of benzene rings is 3. The monoisotopic (exact) mass is 563 g/mol. The molecule has 7 rings (SSSR count). The van der Waals surface area contributed by atoms with E-state index in [1.807, 2.05) is 12.1 Å². The zero-order valence-corrected chi connectivity index (χ0v) is 22.7. The van der Waals surface area contributed by atoms with Crippen LogP contribution in [-0.4, -0.2) is 9.49 Å². The SMILES string of the molecule is Cc1ccc(-c2ccc(/C=c3/sc4n(c3=O)[C@H](c3ccc(F)cc3)C3=C(N=4)c4ccccc4CC3)o2)cc1[N+](=O)[O-]. The van der Waals surface area contributed by atoms with Gasteiger partial charge >= 0.3 is 0 Å². The Morgan fingerprint density at radius 1 is 1.07 bits per heavy atom. The maximum atomic E-state index is 13.9. The van der Waals surface area contributed by atoms with Gasteiger partial charge in [0.1, 0.15) is 17.3 Å². The number of hydrogen-bond donors (Lipinski definition) is 0. The molecule has 1 atom stereocenters. The van der Waals surface area contributed by atoms with Crippen LogP contribution in [-0.2, 0) is 6.42 Å². The minimum atomic E-state index is -0.418. The molecule has 1 aliphatic heterocycles. The molecule has 0 N–H and O–H groups in total. The predicted molar refractivity (Wildman–Crippen MR) is 155 cm³/mol. The molecule has 1 aliphatic carbocycles. The van der Waals surface area contributed by atoms with E-state index in [0.29, 0.717) is 32.0 Å². The average Bonchev–Trinajstić information content (AvgIpc) is 3.57. The van der Waals surface area contributed by atoms with Crippen LogP contribution >= 0.6 is 11.3 Å². The molecule has 7 nitrogen and oxygen atoms in total. The highest BCUT2D eigenvalue weighted by Gasteiger charge is 2.32. The smallest absolute Gasteiger partial charge is 0.273 e. The fraction of sp³-hybridized carbons (Fsp3) is 0.125. The molecule has 0 fully saturated rings. The first kappa shape index (κ1) is 25.1. The highest BCUT2D eigenvalue weighted by molar-refractivity contribution is 7.07. The van der Waals surface area contributed by atoms with E-state index < -0.39 is 11.0 Å². The van der Waals surface area contributed by atoms with Crippen molar-refractivity contribution in [1.82, 2.24) is 4.57 Å². The lowest BCUT2D eigenvalue weighted by molar-refractivity contribution is -0.385. The molecule has 41 heavy (non-hydrogen) atoms. The maximum Gasteiger partial charge on any atom is 0.273 e. The number of hydrogen-bond acceptors (Lipinski definition) is 6. The van der Waals surface area contributed by atoms with Gasteiger partial charge in [0.05, 0.1) is 21.2 Å². The van der Waals surface area contributed by atoms with E-state index in [0.717, 1.165) is 35.2 Å². The molecule has 0 radical (unpaired) electrons. The Bertz CT molecular complexity index is 2090. The minimum Gasteiger partial charge on any atom is -0.457 e. The van der Waals surface area contributed by atoms with Crippen LogP contribution in [0.2, 0.25) is 0 Å². The van der Waals surface area contributed by atoms with E-state index in [2.05, 4.69) is 12.1 Å². The molecule has 9 heteroatoms. The molecular formula is C32H22FN3O4S. The van der Waals surface area contributed by atoms with Crippen LogP contribution in [0.3, 0.4) is 0 Å². The molecule has 3 aromatic carbocycles. The maximum absolute atomic E-state index is 13.9. The van der Waals surface area contributed by atoms with E-state index in [4.69, 9.17) is 9.41 Å². The molecule has 3 heterocycles. The lowest BCUT2D eigenvalue weighted by Gasteiger charge is -2.30. The normalized spacial score (nSPS) is 16.1. The molecule has 0 saturated heterocycles. The van der Waals surface area contributed by atoms with Crippen LogP contribution in [0.1, 0.15) is 40.5 Å². The molecule has 2 aromatic heterocycles. The second kappa shape index (κ2) is 9.64. The summed E-state index contributed by atoms with van der Waals surface area (Å²) in [5, 5.41) is 11.4. The molecule has 5 aromatic rings. The van der Waals surface area contributed by atoms with Crippen molar-refractivity contribution in [3.63, 3.8) is 0 Å². The van der Waals surface area contributed by atoms with Crippen LogP contribution < -0.4 is 14.9 Å². The Morgan fingerprint density at radius 3 is 2.68 bits per heavy atom. The van der Waals surface area contributed by atoms with Crippen LogP contribution in [0.15, 0.2) is 98.6 Å². The zero-order valence-electron chi connectivity index (χ0n) is 21.8. The van der Waals surface area contributed by atoms with Gasteiger partial charge in [-0.25, -0.2) is 9.38 Å². The van der Waals surface area contributed by atoms with Crippen LogP contribution in [0.4, 0.5) is 10.1 Å². The average molecular weight is 564 g/mol. The van der Waals surface area contributed by atoms with Crippen molar-refractivity contribution in [2.75, 3.05) is 0 Å². The van der Waals surface area contributed by atoms with Gasteiger partial charge in [-0.3, -0.25) is 19.5 Å². The minimum absolute atomic E-state index is 0.0140. The Balaban J connectivity index is 1.37. The largest absolute Gasteiger partial charge is 0.457 e. The third kappa shape index (κ3) is 4.25. The van der Waals surface area contributed by atoms with Crippen molar-refractivity contribution in [2.24, 2.45) is 4.99 Å². The number of thiazole rings is 1. The molecule has 2 aliphatic rings. The van der Waals surface area contributed by atoms with E-state index in [-0.39, 0.29) is 17.1 Å². The number of furan rings is 1. The number of rotatable bonds is 4. The van der Waals surface area contributed by atoms with Crippen molar-refractivity contribution in [1.29, 1.82) is 0 Å². The predicted octanol–water partition coefficient (Wildman–Crippen LogP) is 5.93. The van der Waals surface area contributed by atoms with Crippen molar-refractivity contribution in [2.45, 2.75) is 25.8 Å².